The first kappa shape index (κ1) is 20.6. The number of anilines is 2. The highest BCUT2D eigenvalue weighted by molar-refractivity contribution is 5.98. The molecule has 4 rings (SSSR count). The monoisotopic (exact) mass is 408 g/mol. The van der Waals surface area contributed by atoms with Gasteiger partial charge in [-0.1, -0.05) is 37.0 Å². The van der Waals surface area contributed by atoms with Crippen molar-refractivity contribution in [3.05, 3.63) is 35.5 Å². The van der Waals surface area contributed by atoms with Gasteiger partial charge in [0.05, 0.1) is 31.6 Å². The van der Waals surface area contributed by atoms with Crippen LogP contribution in [0.1, 0.15) is 44.7 Å². The Balaban J connectivity index is 1.53. The topological polar surface area (TPSA) is 69.5 Å². The van der Waals surface area contributed by atoms with E-state index < -0.39 is 0 Å². The van der Waals surface area contributed by atoms with Gasteiger partial charge in [-0.25, -0.2) is 4.68 Å². The predicted octanol–water partition coefficient (Wildman–Crippen LogP) is 3.43. The van der Waals surface area contributed by atoms with Gasteiger partial charge in [0.2, 0.25) is 5.91 Å². The number of carbonyl (C=O) groups is 1. The van der Waals surface area contributed by atoms with Crippen molar-refractivity contribution in [2.24, 2.45) is 11.3 Å². The Morgan fingerprint density at radius 1 is 1.30 bits per heavy atom. The summed E-state index contributed by atoms with van der Waals surface area (Å²) < 4.78 is 13.2. The van der Waals surface area contributed by atoms with Crippen LogP contribution in [0, 0.1) is 30.1 Å². The van der Waals surface area contributed by atoms with Crippen LogP contribution in [-0.2, 0) is 20.8 Å². The van der Waals surface area contributed by atoms with Crippen LogP contribution in [0.5, 0.6) is 0 Å². The number of hydrogen-bond donors (Lipinski definition) is 0. The standard InChI is InChI=1S/C23H28N4O3/c1-16-5-6-19(10-9-18-7-8-18)11-20(16)27(17(2)28)21-12-26(25-24-21)13-22-29-14-23(3,4)15-30-22/h5-6,11-12,18,22H,7-8,13-15H2,1-4H3. The van der Waals surface area contributed by atoms with Gasteiger partial charge in [-0.05, 0) is 37.5 Å². The van der Waals surface area contributed by atoms with Gasteiger partial charge >= 0.3 is 0 Å². The van der Waals surface area contributed by atoms with Crippen LogP contribution >= 0.6 is 0 Å². The number of nitrogens with zero attached hydrogens (tertiary/aromatic N) is 4. The van der Waals surface area contributed by atoms with Crippen molar-refractivity contribution in [2.75, 3.05) is 18.1 Å². The van der Waals surface area contributed by atoms with E-state index in [4.69, 9.17) is 9.47 Å². The number of carbonyl (C=O) groups excluding carboxylic acids is 1. The van der Waals surface area contributed by atoms with Crippen molar-refractivity contribution in [3.63, 3.8) is 0 Å². The van der Waals surface area contributed by atoms with Crippen molar-refractivity contribution in [1.29, 1.82) is 0 Å². The van der Waals surface area contributed by atoms with Crippen LogP contribution in [0.2, 0.25) is 0 Å². The van der Waals surface area contributed by atoms with Gasteiger partial charge in [-0.15, -0.1) is 5.10 Å². The summed E-state index contributed by atoms with van der Waals surface area (Å²) >= 11 is 0. The van der Waals surface area contributed by atoms with Crippen LogP contribution in [-0.4, -0.2) is 40.4 Å². The van der Waals surface area contributed by atoms with Crippen LogP contribution in [0.4, 0.5) is 11.5 Å². The molecule has 2 heterocycles. The van der Waals surface area contributed by atoms with Crippen LogP contribution in [0.15, 0.2) is 24.4 Å². The second-order valence-electron chi connectivity index (χ2n) is 8.91. The largest absolute Gasteiger partial charge is 0.350 e. The van der Waals surface area contributed by atoms with Crippen molar-refractivity contribution < 1.29 is 14.3 Å². The second-order valence-corrected chi connectivity index (χ2v) is 8.91. The Bertz CT molecular complexity index is 987. The predicted molar refractivity (Wildman–Crippen MR) is 113 cm³/mol. The summed E-state index contributed by atoms with van der Waals surface area (Å²) in [7, 11) is 0. The Morgan fingerprint density at radius 3 is 2.70 bits per heavy atom. The highest BCUT2D eigenvalue weighted by atomic mass is 16.7. The van der Waals surface area contributed by atoms with Crippen molar-refractivity contribution in [3.8, 4) is 11.8 Å². The van der Waals surface area contributed by atoms with Crippen molar-refractivity contribution in [1.82, 2.24) is 15.0 Å². The molecule has 158 valence electrons. The van der Waals surface area contributed by atoms with Crippen molar-refractivity contribution >= 4 is 17.4 Å². The molecule has 1 saturated carbocycles. The Labute approximate surface area is 177 Å². The summed E-state index contributed by atoms with van der Waals surface area (Å²) in [6.07, 6.45) is 3.73. The lowest BCUT2D eigenvalue weighted by molar-refractivity contribution is -0.227. The van der Waals surface area contributed by atoms with E-state index in [-0.39, 0.29) is 17.6 Å². The highest BCUT2D eigenvalue weighted by Gasteiger charge is 2.29. The molecule has 0 radical (unpaired) electrons. The van der Waals surface area contributed by atoms with Gasteiger partial charge in [0.25, 0.3) is 0 Å². The zero-order valence-electron chi connectivity index (χ0n) is 18.0. The summed E-state index contributed by atoms with van der Waals surface area (Å²) in [5.74, 6) is 7.35. The minimum Gasteiger partial charge on any atom is -0.350 e. The number of rotatable bonds is 4. The summed E-state index contributed by atoms with van der Waals surface area (Å²) in [6.45, 7) is 9.38. The lowest BCUT2D eigenvalue weighted by Crippen LogP contribution is -2.39. The summed E-state index contributed by atoms with van der Waals surface area (Å²) in [6, 6.07) is 5.92. The molecule has 0 N–H and O–H groups in total. The molecule has 1 aliphatic carbocycles. The van der Waals surface area contributed by atoms with Gasteiger partial charge in [0.15, 0.2) is 12.1 Å². The maximum absolute atomic E-state index is 12.5. The molecule has 0 unspecified atom stereocenters. The third kappa shape index (κ3) is 4.89. The van der Waals surface area contributed by atoms with Gasteiger partial charge in [0, 0.05) is 23.8 Å². The zero-order chi connectivity index (χ0) is 21.3. The van der Waals surface area contributed by atoms with Gasteiger partial charge in [0.1, 0.15) is 0 Å². The molecule has 0 bridgehead atoms. The average Bonchev–Trinajstić information content (AvgIpc) is 3.42. The fraction of sp³-hybridized carbons (Fsp3) is 0.522. The van der Waals surface area contributed by atoms with E-state index >= 15 is 0 Å². The average molecular weight is 409 g/mol. The first-order chi connectivity index (χ1) is 14.3. The molecular weight excluding hydrogens is 380 g/mol. The highest BCUT2D eigenvalue weighted by Crippen LogP contribution is 2.30. The van der Waals surface area contributed by atoms with E-state index in [1.54, 1.807) is 15.8 Å². The number of aromatic nitrogens is 3. The number of hydrogen-bond acceptors (Lipinski definition) is 5. The van der Waals surface area contributed by atoms with Crippen LogP contribution in [0.3, 0.4) is 0 Å². The number of aryl methyl sites for hydroxylation is 1. The lowest BCUT2D eigenvalue weighted by atomic mass is 9.96. The van der Waals surface area contributed by atoms with E-state index in [9.17, 15) is 4.79 Å². The number of amides is 1. The van der Waals surface area contributed by atoms with Crippen molar-refractivity contribution in [2.45, 2.75) is 53.4 Å². The maximum Gasteiger partial charge on any atom is 0.229 e. The molecule has 2 aromatic rings. The first-order valence-electron chi connectivity index (χ1n) is 10.4. The zero-order valence-corrected chi connectivity index (χ0v) is 18.0. The minimum absolute atomic E-state index is 0.0143. The second kappa shape index (κ2) is 8.21. The minimum atomic E-state index is -0.374. The normalized spacial score (nSPS) is 18.5. The Kier molecular flexibility index (Phi) is 5.63. The fourth-order valence-electron chi connectivity index (χ4n) is 3.26. The summed E-state index contributed by atoms with van der Waals surface area (Å²) in [4.78, 5) is 14.1. The molecule has 0 atom stereocenters. The van der Waals surface area contributed by atoms with Gasteiger partial charge < -0.3 is 9.47 Å². The number of ether oxygens (including phenoxy) is 2. The molecule has 2 aliphatic rings. The van der Waals surface area contributed by atoms with E-state index in [0.29, 0.717) is 31.5 Å². The smallest absolute Gasteiger partial charge is 0.229 e. The van der Waals surface area contributed by atoms with Gasteiger partial charge in [-0.3, -0.25) is 9.69 Å². The Morgan fingerprint density at radius 2 is 2.03 bits per heavy atom. The Hall–Kier alpha value is -2.69. The quantitative estimate of drug-likeness (QED) is 0.725. The third-order valence-corrected chi connectivity index (χ3v) is 5.17. The molecule has 1 aliphatic heterocycles. The third-order valence-electron chi connectivity index (χ3n) is 5.17. The first-order valence-corrected chi connectivity index (χ1v) is 10.4. The maximum atomic E-state index is 12.5. The molecule has 1 aromatic carbocycles. The SMILES string of the molecule is CC(=O)N(c1cn(CC2OCC(C)(C)CO2)nn1)c1cc(C#CC2CC2)ccc1C. The summed E-state index contributed by atoms with van der Waals surface area (Å²) in [5, 5.41) is 8.41. The fourth-order valence-corrected chi connectivity index (χ4v) is 3.26. The van der Waals surface area contributed by atoms with E-state index in [2.05, 4.69) is 36.0 Å². The van der Waals surface area contributed by atoms with Gasteiger partial charge in [-0.2, -0.15) is 0 Å². The molecule has 0 spiro atoms. The molecule has 7 heteroatoms. The molecule has 1 amide bonds. The van der Waals surface area contributed by atoms with E-state index in [1.807, 2.05) is 25.1 Å². The molecule has 7 nitrogen and oxygen atoms in total. The molecule has 1 saturated heterocycles. The van der Waals surface area contributed by atoms with Crippen LogP contribution in [0.25, 0.3) is 0 Å². The lowest BCUT2D eigenvalue weighted by Gasteiger charge is -2.34. The number of benzene rings is 1. The molecule has 30 heavy (non-hydrogen) atoms. The molecule has 2 fully saturated rings. The molecular formula is C23H28N4O3. The molecule has 1 aromatic heterocycles. The van der Waals surface area contributed by atoms with Crippen LogP contribution < -0.4 is 4.90 Å². The van der Waals surface area contributed by atoms with E-state index in [0.717, 1.165) is 16.8 Å². The summed E-state index contributed by atoms with van der Waals surface area (Å²) in [5.41, 5.74) is 2.65. The van der Waals surface area contributed by atoms with E-state index in [1.165, 1.54) is 19.8 Å².